The Morgan fingerprint density at radius 2 is 1.94 bits per heavy atom. The summed E-state index contributed by atoms with van der Waals surface area (Å²) < 4.78 is 13.8. The fraction of sp³-hybridized carbons (Fsp3) is 0.296. The number of carbonyl (C=O) groups excluding carboxylic acids is 1. The molecule has 2 aliphatic rings. The van der Waals surface area contributed by atoms with Crippen LogP contribution in [-0.4, -0.2) is 46.0 Å². The van der Waals surface area contributed by atoms with Crippen LogP contribution >= 0.6 is 0 Å². The van der Waals surface area contributed by atoms with Crippen LogP contribution in [0.5, 0.6) is 5.75 Å². The third kappa shape index (κ3) is 3.57. The van der Waals surface area contributed by atoms with Gasteiger partial charge in [-0.05, 0) is 57.0 Å². The lowest BCUT2D eigenvalue weighted by Gasteiger charge is -2.41. The molecule has 3 aromatic rings. The summed E-state index contributed by atoms with van der Waals surface area (Å²) in [5.74, 6) is 1.68. The minimum Gasteiger partial charge on any atom is -0.495 e. The van der Waals surface area contributed by atoms with Crippen molar-refractivity contribution in [3.8, 4) is 11.4 Å². The highest BCUT2D eigenvalue weighted by Gasteiger charge is 2.51. The van der Waals surface area contributed by atoms with Crippen molar-refractivity contribution in [1.82, 2.24) is 14.5 Å². The Balaban J connectivity index is 1.52. The lowest BCUT2D eigenvalue weighted by Crippen LogP contribution is -2.53. The summed E-state index contributed by atoms with van der Waals surface area (Å²) >= 11 is 0. The van der Waals surface area contributed by atoms with Crippen molar-refractivity contribution in [2.24, 2.45) is 4.99 Å². The van der Waals surface area contributed by atoms with E-state index in [0.29, 0.717) is 23.9 Å². The molecule has 0 N–H and O–H groups in total. The number of rotatable bonds is 4. The van der Waals surface area contributed by atoms with E-state index < -0.39 is 5.54 Å². The van der Waals surface area contributed by atoms with E-state index in [0.717, 1.165) is 28.1 Å². The molecule has 0 saturated carbocycles. The van der Waals surface area contributed by atoms with E-state index in [2.05, 4.69) is 14.9 Å². The summed E-state index contributed by atoms with van der Waals surface area (Å²) in [5, 5.41) is 0. The Morgan fingerprint density at radius 3 is 2.62 bits per heavy atom. The molecular weight excluding hydrogens is 428 g/mol. The summed E-state index contributed by atoms with van der Waals surface area (Å²) in [6.45, 7) is 8.51. The first-order chi connectivity index (χ1) is 16.3. The first kappa shape index (κ1) is 21.9. The standard InChI is InChI=1S/C27H28N4O3/c1-17-6-9-21(10-7-17)27(4)26(32)29-25-24(34-19(3)15-31(25)27)13-20-8-11-22(23(12-20)33-5)30-14-18(2)28-16-30/h6-14,16,19H,15H2,1-5H3/b24-13-. The smallest absolute Gasteiger partial charge is 0.278 e. The Labute approximate surface area is 199 Å². The van der Waals surface area contributed by atoms with Crippen LogP contribution in [0.15, 0.2) is 65.7 Å². The maximum Gasteiger partial charge on any atom is 0.278 e. The van der Waals surface area contributed by atoms with Crippen LogP contribution in [0.1, 0.15) is 36.2 Å². The highest BCUT2D eigenvalue weighted by molar-refractivity contribution is 6.14. The molecular formula is C27H28N4O3. The van der Waals surface area contributed by atoms with Gasteiger partial charge >= 0.3 is 0 Å². The fourth-order valence-electron chi connectivity index (χ4n) is 4.57. The molecule has 0 aliphatic carbocycles. The Morgan fingerprint density at radius 1 is 1.18 bits per heavy atom. The Bertz CT molecular complexity index is 1320. The molecule has 5 rings (SSSR count). The van der Waals surface area contributed by atoms with Gasteiger partial charge in [-0.15, -0.1) is 0 Å². The zero-order valence-electron chi connectivity index (χ0n) is 20.1. The Hall–Kier alpha value is -3.87. The number of amides is 1. The summed E-state index contributed by atoms with van der Waals surface area (Å²) in [7, 11) is 1.65. The van der Waals surface area contributed by atoms with E-state index in [1.807, 2.05) is 87.0 Å². The summed E-state index contributed by atoms with van der Waals surface area (Å²) in [6, 6.07) is 14.0. The van der Waals surface area contributed by atoms with Gasteiger partial charge in [0.25, 0.3) is 5.91 Å². The van der Waals surface area contributed by atoms with Crippen molar-refractivity contribution in [3.63, 3.8) is 0 Å². The number of amidine groups is 1. The number of aryl methyl sites for hydroxylation is 2. The van der Waals surface area contributed by atoms with Crippen molar-refractivity contribution in [2.75, 3.05) is 13.7 Å². The maximum absolute atomic E-state index is 13.2. The quantitative estimate of drug-likeness (QED) is 0.582. The third-order valence-electron chi connectivity index (χ3n) is 6.51. The fourth-order valence-corrected chi connectivity index (χ4v) is 4.57. The monoisotopic (exact) mass is 456 g/mol. The minimum absolute atomic E-state index is 0.101. The highest BCUT2D eigenvalue weighted by Crippen LogP contribution is 2.39. The van der Waals surface area contributed by atoms with Gasteiger partial charge in [0.05, 0.1) is 31.4 Å². The van der Waals surface area contributed by atoms with Crippen molar-refractivity contribution < 1.29 is 14.3 Å². The Kier molecular flexibility index (Phi) is 5.27. The number of methoxy groups -OCH3 is 1. The van der Waals surface area contributed by atoms with Gasteiger partial charge in [0, 0.05) is 6.20 Å². The lowest BCUT2D eigenvalue weighted by molar-refractivity contribution is -0.126. The zero-order valence-corrected chi connectivity index (χ0v) is 20.1. The molecule has 3 heterocycles. The van der Waals surface area contributed by atoms with Crippen LogP contribution < -0.4 is 4.74 Å². The van der Waals surface area contributed by atoms with Crippen molar-refractivity contribution in [1.29, 1.82) is 0 Å². The maximum atomic E-state index is 13.2. The van der Waals surface area contributed by atoms with E-state index in [9.17, 15) is 4.79 Å². The number of carbonyl (C=O) groups is 1. The average Bonchev–Trinajstić information content (AvgIpc) is 3.36. The van der Waals surface area contributed by atoms with Crippen molar-refractivity contribution in [3.05, 3.63) is 83.1 Å². The minimum atomic E-state index is -0.860. The number of benzene rings is 2. The van der Waals surface area contributed by atoms with E-state index in [-0.39, 0.29) is 12.0 Å². The number of aliphatic imine (C=N–C) groups is 1. The third-order valence-corrected chi connectivity index (χ3v) is 6.51. The van der Waals surface area contributed by atoms with Crippen LogP contribution in [0.4, 0.5) is 0 Å². The van der Waals surface area contributed by atoms with Crippen LogP contribution in [0.2, 0.25) is 0 Å². The van der Waals surface area contributed by atoms with Crippen LogP contribution in [0, 0.1) is 13.8 Å². The lowest BCUT2D eigenvalue weighted by atomic mass is 9.89. The summed E-state index contributed by atoms with van der Waals surface area (Å²) in [5.41, 5.74) is 3.93. The number of morpholine rings is 1. The molecule has 1 fully saturated rings. The number of ether oxygens (including phenoxy) is 2. The number of aromatic nitrogens is 2. The molecule has 2 aliphatic heterocycles. The van der Waals surface area contributed by atoms with Crippen LogP contribution in [-0.2, 0) is 15.1 Å². The van der Waals surface area contributed by atoms with Gasteiger partial charge in [0.1, 0.15) is 17.4 Å². The van der Waals surface area contributed by atoms with Crippen LogP contribution in [0.25, 0.3) is 11.8 Å². The van der Waals surface area contributed by atoms with Crippen molar-refractivity contribution >= 4 is 17.8 Å². The van der Waals surface area contributed by atoms with E-state index in [4.69, 9.17) is 9.47 Å². The highest BCUT2D eigenvalue weighted by atomic mass is 16.5. The second kappa shape index (κ2) is 8.17. The second-order valence-electron chi connectivity index (χ2n) is 9.08. The number of hydrogen-bond acceptors (Lipinski definition) is 5. The number of imidazole rings is 1. The number of fused-ring (bicyclic) bond motifs is 1. The van der Waals surface area contributed by atoms with Gasteiger partial charge in [-0.3, -0.25) is 4.79 Å². The van der Waals surface area contributed by atoms with Gasteiger partial charge in [0.2, 0.25) is 0 Å². The SMILES string of the molecule is COc1cc(/C=C2\OC(C)CN3C2=NC(=O)C3(C)c2ccc(C)cc2)ccc1-n1cnc(C)c1. The van der Waals surface area contributed by atoms with Crippen molar-refractivity contribution in [2.45, 2.75) is 39.3 Å². The predicted molar refractivity (Wildman–Crippen MR) is 131 cm³/mol. The van der Waals surface area contributed by atoms with Gasteiger partial charge in [-0.25, -0.2) is 4.98 Å². The molecule has 34 heavy (non-hydrogen) atoms. The van der Waals surface area contributed by atoms with Gasteiger partial charge in [-0.2, -0.15) is 4.99 Å². The second-order valence-corrected chi connectivity index (χ2v) is 9.08. The van der Waals surface area contributed by atoms with E-state index in [1.165, 1.54) is 0 Å². The molecule has 174 valence electrons. The molecule has 1 amide bonds. The van der Waals surface area contributed by atoms with Gasteiger partial charge < -0.3 is 18.9 Å². The average molecular weight is 457 g/mol. The van der Waals surface area contributed by atoms with Gasteiger partial charge in [0.15, 0.2) is 11.6 Å². The van der Waals surface area contributed by atoms with Gasteiger partial charge in [-0.1, -0.05) is 35.9 Å². The molecule has 7 nitrogen and oxygen atoms in total. The predicted octanol–water partition coefficient (Wildman–Crippen LogP) is 4.41. The molecule has 0 radical (unpaired) electrons. The molecule has 1 saturated heterocycles. The first-order valence-corrected chi connectivity index (χ1v) is 11.3. The molecule has 0 bridgehead atoms. The molecule has 2 atom stereocenters. The van der Waals surface area contributed by atoms with E-state index in [1.54, 1.807) is 13.4 Å². The number of hydrogen-bond donors (Lipinski definition) is 0. The topological polar surface area (TPSA) is 69.0 Å². The molecule has 2 aromatic carbocycles. The molecule has 1 aromatic heterocycles. The van der Waals surface area contributed by atoms with E-state index >= 15 is 0 Å². The molecule has 7 heteroatoms. The molecule has 0 spiro atoms. The zero-order chi connectivity index (χ0) is 24.0. The number of nitrogens with zero attached hydrogens (tertiary/aromatic N) is 4. The first-order valence-electron chi connectivity index (χ1n) is 11.3. The normalized spacial score (nSPS) is 23.0. The summed E-state index contributed by atoms with van der Waals surface area (Å²) in [6.07, 6.45) is 5.53. The van der Waals surface area contributed by atoms with Crippen LogP contribution in [0.3, 0.4) is 0 Å². The summed E-state index contributed by atoms with van der Waals surface area (Å²) in [4.78, 5) is 24.0. The molecule has 2 unspecified atom stereocenters. The largest absolute Gasteiger partial charge is 0.495 e.